The highest BCUT2D eigenvalue weighted by molar-refractivity contribution is 7.89. The molecule has 3 aromatic rings. The first kappa shape index (κ1) is 19.4. The summed E-state index contributed by atoms with van der Waals surface area (Å²) in [6.45, 7) is 0. The minimum absolute atomic E-state index is 0.428. The highest BCUT2D eigenvalue weighted by Gasteiger charge is 2.23. The Hall–Kier alpha value is -2.96. The molecule has 1 aliphatic carbocycles. The van der Waals surface area contributed by atoms with Crippen molar-refractivity contribution in [1.82, 2.24) is 14.6 Å². The van der Waals surface area contributed by atoms with Crippen molar-refractivity contribution in [3.05, 3.63) is 41.6 Å². The second kappa shape index (κ2) is 7.81. The Morgan fingerprint density at radius 3 is 2.79 bits per heavy atom. The fraction of sp³-hybridized carbons (Fsp3) is 0.350. The van der Waals surface area contributed by atoms with Crippen LogP contribution in [0.15, 0.2) is 30.5 Å². The van der Waals surface area contributed by atoms with Gasteiger partial charge in [0.2, 0.25) is 0 Å². The summed E-state index contributed by atoms with van der Waals surface area (Å²) < 4.78 is 13.5. The van der Waals surface area contributed by atoms with Crippen molar-refractivity contribution in [2.45, 2.75) is 24.6 Å². The number of benzene rings is 1. The lowest BCUT2D eigenvalue weighted by Gasteiger charge is -2.19. The standard InChI is InChI=1S/C20H23N7OS/c1-26(2)17-7-6-16(8-13(17)12-29(3)28)23-18-9-19(24-15-4-5-15)27-20(25-18)14(10-21)11-22-27/h6-9,11,15,24H,4-5,12H2,1-3H3,(H,23,25). The van der Waals surface area contributed by atoms with Gasteiger partial charge in [0.1, 0.15) is 29.0 Å². The third-order valence-corrected chi connectivity index (χ3v) is 5.43. The second-order valence-electron chi connectivity index (χ2n) is 7.43. The van der Waals surface area contributed by atoms with Crippen LogP contribution in [0.5, 0.6) is 0 Å². The molecule has 1 saturated carbocycles. The Kier molecular flexibility index (Phi) is 5.22. The van der Waals surface area contributed by atoms with E-state index in [1.807, 2.05) is 43.3 Å². The fourth-order valence-electron chi connectivity index (χ4n) is 3.23. The van der Waals surface area contributed by atoms with Crippen molar-refractivity contribution >= 4 is 39.8 Å². The summed E-state index contributed by atoms with van der Waals surface area (Å²) in [5.41, 5.74) is 3.83. The monoisotopic (exact) mass is 409 g/mol. The van der Waals surface area contributed by atoms with Crippen LogP contribution in [0.2, 0.25) is 0 Å². The van der Waals surface area contributed by atoms with Crippen molar-refractivity contribution in [2.75, 3.05) is 35.9 Å². The van der Waals surface area contributed by atoms with Gasteiger partial charge in [-0.3, -0.25) is 0 Å². The molecule has 0 spiro atoms. The number of fused-ring (bicyclic) bond motifs is 1. The molecule has 0 radical (unpaired) electrons. The predicted molar refractivity (Wildman–Crippen MR) is 116 cm³/mol. The summed E-state index contributed by atoms with van der Waals surface area (Å²) >= 11 is -0.947. The van der Waals surface area contributed by atoms with E-state index in [0.29, 0.717) is 28.8 Å². The number of rotatable bonds is 7. The predicted octanol–water partition coefficient (Wildman–Crippen LogP) is 2.86. The number of nitriles is 1. The molecule has 8 nitrogen and oxygen atoms in total. The third-order valence-electron chi connectivity index (χ3n) is 4.71. The number of nitrogens with zero attached hydrogens (tertiary/aromatic N) is 5. The summed E-state index contributed by atoms with van der Waals surface area (Å²) in [6, 6.07) is 10.5. The Labute approximate surface area is 172 Å². The van der Waals surface area contributed by atoms with E-state index in [4.69, 9.17) is 0 Å². The van der Waals surface area contributed by atoms with Gasteiger partial charge in [-0.2, -0.15) is 14.9 Å². The Bertz CT molecular complexity index is 1080. The van der Waals surface area contributed by atoms with Gasteiger partial charge in [-0.15, -0.1) is 0 Å². The number of aromatic nitrogens is 3. The SMILES string of the molecule is CN(C)c1ccc(Nc2cc(NC3CC3)n3ncc(C#N)c3n2)cc1C[S+](C)[O-]. The summed E-state index contributed by atoms with van der Waals surface area (Å²) in [7, 11) is 3.94. The molecule has 9 heteroatoms. The Balaban J connectivity index is 1.70. The van der Waals surface area contributed by atoms with E-state index in [2.05, 4.69) is 26.8 Å². The maximum absolute atomic E-state index is 11.8. The van der Waals surface area contributed by atoms with Crippen LogP contribution in [0.1, 0.15) is 24.0 Å². The zero-order valence-electron chi connectivity index (χ0n) is 16.6. The van der Waals surface area contributed by atoms with Gasteiger partial charge in [0.25, 0.3) is 0 Å². The lowest BCUT2D eigenvalue weighted by Crippen LogP contribution is -2.13. The van der Waals surface area contributed by atoms with E-state index in [0.717, 1.165) is 35.6 Å². The van der Waals surface area contributed by atoms with Crippen molar-refractivity contribution in [1.29, 1.82) is 5.26 Å². The Morgan fingerprint density at radius 2 is 2.14 bits per heavy atom. The van der Waals surface area contributed by atoms with Gasteiger partial charge in [0.15, 0.2) is 5.65 Å². The average molecular weight is 410 g/mol. The van der Waals surface area contributed by atoms with Crippen LogP contribution >= 0.6 is 0 Å². The zero-order chi connectivity index (χ0) is 20.5. The van der Waals surface area contributed by atoms with E-state index in [1.54, 1.807) is 10.8 Å². The number of hydrogen-bond donors (Lipinski definition) is 2. The van der Waals surface area contributed by atoms with Crippen molar-refractivity contribution < 1.29 is 4.55 Å². The number of anilines is 4. The molecular weight excluding hydrogens is 386 g/mol. The molecule has 2 N–H and O–H groups in total. The molecule has 2 heterocycles. The van der Waals surface area contributed by atoms with E-state index in [9.17, 15) is 9.81 Å². The smallest absolute Gasteiger partial charge is 0.177 e. The van der Waals surface area contributed by atoms with Gasteiger partial charge in [-0.05, 0) is 31.0 Å². The molecule has 1 fully saturated rings. The molecule has 150 valence electrons. The molecule has 1 aromatic carbocycles. The normalized spacial score (nSPS) is 14.4. The molecule has 0 bridgehead atoms. The third kappa shape index (κ3) is 4.23. The lowest BCUT2D eigenvalue weighted by molar-refractivity contribution is 0.600. The highest BCUT2D eigenvalue weighted by atomic mass is 32.2. The molecule has 0 saturated heterocycles. The largest absolute Gasteiger partial charge is 0.616 e. The quantitative estimate of drug-likeness (QED) is 0.578. The number of nitrogens with one attached hydrogen (secondary N) is 2. The maximum Gasteiger partial charge on any atom is 0.177 e. The summed E-state index contributed by atoms with van der Waals surface area (Å²) in [5, 5.41) is 20.5. The molecule has 0 amide bonds. The van der Waals surface area contributed by atoms with Gasteiger partial charge in [0, 0.05) is 43.1 Å². The molecular formula is C20H23N7OS. The first-order chi connectivity index (χ1) is 13.9. The van der Waals surface area contributed by atoms with Crippen molar-refractivity contribution in [3.8, 4) is 6.07 Å². The molecule has 4 rings (SSSR count). The summed E-state index contributed by atoms with van der Waals surface area (Å²) in [6.07, 6.45) is 5.49. The van der Waals surface area contributed by atoms with Gasteiger partial charge in [-0.1, -0.05) is 11.2 Å². The average Bonchev–Trinajstić information content (AvgIpc) is 3.37. The second-order valence-corrected chi connectivity index (χ2v) is 8.87. The van der Waals surface area contributed by atoms with Crippen LogP contribution in [-0.2, 0) is 16.9 Å². The van der Waals surface area contributed by atoms with E-state index in [1.165, 1.54) is 6.20 Å². The number of hydrogen-bond acceptors (Lipinski definition) is 7. The molecule has 0 aliphatic heterocycles. The summed E-state index contributed by atoms with van der Waals surface area (Å²) in [5.74, 6) is 1.91. The van der Waals surface area contributed by atoms with Gasteiger partial charge < -0.3 is 20.1 Å². The van der Waals surface area contributed by atoms with Crippen molar-refractivity contribution in [3.63, 3.8) is 0 Å². The van der Waals surface area contributed by atoms with Gasteiger partial charge in [-0.25, -0.2) is 4.98 Å². The van der Waals surface area contributed by atoms with Crippen LogP contribution in [0, 0.1) is 11.3 Å². The van der Waals surface area contributed by atoms with E-state index >= 15 is 0 Å². The van der Waals surface area contributed by atoms with E-state index in [-0.39, 0.29) is 0 Å². The fourth-order valence-corrected chi connectivity index (χ4v) is 3.90. The highest BCUT2D eigenvalue weighted by Crippen LogP contribution is 2.29. The van der Waals surface area contributed by atoms with Crippen LogP contribution in [0.25, 0.3) is 5.65 Å². The van der Waals surface area contributed by atoms with Crippen LogP contribution in [0.3, 0.4) is 0 Å². The van der Waals surface area contributed by atoms with E-state index < -0.39 is 11.2 Å². The summed E-state index contributed by atoms with van der Waals surface area (Å²) in [4.78, 5) is 6.61. The zero-order valence-corrected chi connectivity index (χ0v) is 17.5. The van der Waals surface area contributed by atoms with Gasteiger partial charge >= 0.3 is 0 Å². The molecule has 1 unspecified atom stereocenters. The molecule has 29 heavy (non-hydrogen) atoms. The molecule has 1 atom stereocenters. The van der Waals surface area contributed by atoms with Crippen LogP contribution in [-0.4, -0.2) is 45.5 Å². The first-order valence-electron chi connectivity index (χ1n) is 9.37. The molecule has 2 aromatic heterocycles. The first-order valence-corrected chi connectivity index (χ1v) is 11.1. The van der Waals surface area contributed by atoms with Crippen LogP contribution < -0.4 is 15.5 Å². The maximum atomic E-state index is 11.8. The van der Waals surface area contributed by atoms with Crippen molar-refractivity contribution in [2.24, 2.45) is 0 Å². The van der Waals surface area contributed by atoms with Gasteiger partial charge in [0.05, 0.1) is 12.5 Å². The minimum Gasteiger partial charge on any atom is -0.616 e. The van der Waals surface area contributed by atoms with Crippen LogP contribution in [0.4, 0.5) is 23.0 Å². The lowest BCUT2D eigenvalue weighted by atomic mass is 10.1. The topological polar surface area (TPSA) is 104 Å². The minimum atomic E-state index is -0.947. The Morgan fingerprint density at radius 1 is 1.34 bits per heavy atom. The molecule has 1 aliphatic rings.